The Kier molecular flexibility index (Phi) is 4.24. The lowest BCUT2D eigenvalue weighted by atomic mass is 10.1. The van der Waals surface area contributed by atoms with Crippen molar-refractivity contribution in [2.75, 3.05) is 16.8 Å². The maximum absolute atomic E-state index is 12.7. The zero-order valence-corrected chi connectivity index (χ0v) is 14.9. The first-order chi connectivity index (χ1) is 11.3. The molecule has 4 heteroatoms. The first-order valence-corrected chi connectivity index (χ1v) is 8.67. The van der Waals surface area contributed by atoms with E-state index in [-0.39, 0.29) is 23.1 Å². The second-order valence-electron chi connectivity index (χ2n) is 7.76. The summed E-state index contributed by atoms with van der Waals surface area (Å²) in [5, 5.41) is 3.04. The molecule has 1 aliphatic carbocycles. The van der Waals surface area contributed by atoms with Gasteiger partial charge in [0.1, 0.15) is 0 Å². The summed E-state index contributed by atoms with van der Waals surface area (Å²) < 4.78 is 0. The van der Waals surface area contributed by atoms with Gasteiger partial charge in [0.15, 0.2) is 0 Å². The Morgan fingerprint density at radius 2 is 2.08 bits per heavy atom. The van der Waals surface area contributed by atoms with Crippen molar-refractivity contribution in [3.63, 3.8) is 0 Å². The van der Waals surface area contributed by atoms with E-state index >= 15 is 0 Å². The zero-order chi connectivity index (χ0) is 17.5. The van der Waals surface area contributed by atoms with Crippen LogP contribution in [0.25, 0.3) is 0 Å². The van der Waals surface area contributed by atoms with E-state index in [9.17, 15) is 9.59 Å². The van der Waals surface area contributed by atoms with Crippen molar-refractivity contribution >= 4 is 23.2 Å². The summed E-state index contributed by atoms with van der Waals surface area (Å²) >= 11 is 0. The van der Waals surface area contributed by atoms with Crippen LogP contribution < -0.4 is 10.2 Å². The molecule has 1 N–H and O–H groups in total. The first-order valence-electron chi connectivity index (χ1n) is 8.67. The summed E-state index contributed by atoms with van der Waals surface area (Å²) in [4.78, 5) is 26.3. The summed E-state index contributed by atoms with van der Waals surface area (Å²) in [5.41, 5.74) is 2.88. The molecule has 3 rings (SSSR count). The van der Waals surface area contributed by atoms with E-state index in [1.807, 2.05) is 24.3 Å². The van der Waals surface area contributed by atoms with Crippen molar-refractivity contribution in [3.05, 3.63) is 35.9 Å². The van der Waals surface area contributed by atoms with E-state index in [2.05, 4.69) is 39.1 Å². The van der Waals surface area contributed by atoms with Gasteiger partial charge in [0.25, 0.3) is 0 Å². The molecular formula is C20H26N2O2. The molecule has 24 heavy (non-hydrogen) atoms. The van der Waals surface area contributed by atoms with Gasteiger partial charge >= 0.3 is 0 Å². The molecule has 1 aromatic rings. The van der Waals surface area contributed by atoms with Gasteiger partial charge in [0, 0.05) is 24.3 Å². The molecule has 1 aromatic carbocycles. The maximum atomic E-state index is 12.7. The van der Waals surface area contributed by atoms with Crippen LogP contribution in [-0.4, -0.2) is 18.4 Å². The third kappa shape index (κ3) is 3.10. The standard InChI is InChI=1S/C20H26N2O2/c1-13(2)11-16-18(20(16,3)4)19(24)21-14-7-5-8-15(12-14)22-10-6-9-17(22)23/h5,7-8,11-12,16,18H,6,9-10H2,1-4H3,(H,21,24)/t16-,18+/m0/s1. The minimum absolute atomic E-state index is 0.00385. The highest BCUT2D eigenvalue weighted by atomic mass is 16.2. The Labute approximate surface area is 143 Å². The fourth-order valence-electron chi connectivity index (χ4n) is 3.74. The molecule has 2 atom stereocenters. The van der Waals surface area contributed by atoms with Crippen LogP contribution in [-0.2, 0) is 9.59 Å². The van der Waals surface area contributed by atoms with Crippen LogP contribution in [0, 0.1) is 17.3 Å². The molecule has 0 aromatic heterocycles. The average Bonchev–Trinajstić information content (AvgIpc) is 2.82. The molecular weight excluding hydrogens is 300 g/mol. The van der Waals surface area contributed by atoms with E-state index in [1.165, 1.54) is 5.57 Å². The lowest BCUT2D eigenvalue weighted by Crippen LogP contribution is -2.24. The predicted octanol–water partition coefficient (Wildman–Crippen LogP) is 3.99. The summed E-state index contributed by atoms with van der Waals surface area (Å²) in [7, 11) is 0. The van der Waals surface area contributed by atoms with E-state index < -0.39 is 0 Å². The Bertz CT molecular complexity index is 701. The van der Waals surface area contributed by atoms with Crippen molar-refractivity contribution in [2.45, 2.75) is 40.5 Å². The van der Waals surface area contributed by atoms with Gasteiger partial charge in [0.2, 0.25) is 11.8 Å². The molecule has 2 amide bonds. The van der Waals surface area contributed by atoms with Crippen molar-refractivity contribution in [2.24, 2.45) is 17.3 Å². The van der Waals surface area contributed by atoms with Gasteiger partial charge in [-0.05, 0) is 49.8 Å². The number of hydrogen-bond donors (Lipinski definition) is 1. The van der Waals surface area contributed by atoms with E-state index in [0.717, 1.165) is 24.3 Å². The van der Waals surface area contributed by atoms with Crippen molar-refractivity contribution < 1.29 is 9.59 Å². The number of hydrogen-bond acceptors (Lipinski definition) is 2. The fourth-order valence-corrected chi connectivity index (χ4v) is 3.74. The molecule has 4 nitrogen and oxygen atoms in total. The number of carbonyl (C=O) groups excluding carboxylic acids is 2. The molecule has 0 spiro atoms. The van der Waals surface area contributed by atoms with Gasteiger partial charge in [0.05, 0.1) is 5.92 Å². The molecule has 1 heterocycles. The van der Waals surface area contributed by atoms with Gasteiger partial charge in [-0.25, -0.2) is 0 Å². The van der Waals surface area contributed by atoms with Crippen molar-refractivity contribution in [3.8, 4) is 0 Å². The third-order valence-corrected chi connectivity index (χ3v) is 5.20. The highest BCUT2D eigenvalue weighted by molar-refractivity contribution is 5.98. The highest BCUT2D eigenvalue weighted by Gasteiger charge is 2.60. The van der Waals surface area contributed by atoms with Crippen LogP contribution in [0.3, 0.4) is 0 Å². The monoisotopic (exact) mass is 326 g/mol. The molecule has 2 fully saturated rings. The lowest BCUT2D eigenvalue weighted by Gasteiger charge is -2.17. The zero-order valence-electron chi connectivity index (χ0n) is 14.9. The van der Waals surface area contributed by atoms with E-state index in [1.54, 1.807) is 4.90 Å². The minimum atomic E-state index is 0.00385. The quantitative estimate of drug-likeness (QED) is 0.851. The topological polar surface area (TPSA) is 49.4 Å². The lowest BCUT2D eigenvalue weighted by molar-refractivity contribution is -0.118. The second-order valence-corrected chi connectivity index (χ2v) is 7.76. The van der Waals surface area contributed by atoms with Crippen LogP contribution in [0.4, 0.5) is 11.4 Å². The average molecular weight is 326 g/mol. The number of nitrogens with one attached hydrogen (secondary N) is 1. The summed E-state index contributed by atoms with van der Waals surface area (Å²) in [6.07, 6.45) is 3.71. The first kappa shape index (κ1) is 16.7. The van der Waals surface area contributed by atoms with E-state index in [4.69, 9.17) is 0 Å². The SMILES string of the molecule is CC(C)=C[C@H]1[C@H](C(=O)Nc2cccc(N3CCCC3=O)c2)C1(C)C. The smallest absolute Gasteiger partial charge is 0.228 e. The van der Waals surface area contributed by atoms with Crippen LogP contribution >= 0.6 is 0 Å². The molecule has 1 saturated heterocycles. The number of amides is 2. The molecule has 0 bridgehead atoms. The van der Waals surface area contributed by atoms with Crippen molar-refractivity contribution in [1.29, 1.82) is 0 Å². The van der Waals surface area contributed by atoms with Crippen LogP contribution in [0.1, 0.15) is 40.5 Å². The number of rotatable bonds is 4. The molecule has 1 aliphatic heterocycles. The van der Waals surface area contributed by atoms with Crippen LogP contribution in [0.5, 0.6) is 0 Å². The minimum Gasteiger partial charge on any atom is -0.326 e. The number of anilines is 2. The maximum Gasteiger partial charge on any atom is 0.228 e. The Balaban J connectivity index is 1.72. The fraction of sp³-hybridized carbons (Fsp3) is 0.500. The molecule has 128 valence electrons. The number of nitrogens with zero attached hydrogens (tertiary/aromatic N) is 1. The number of carbonyl (C=O) groups is 2. The molecule has 1 saturated carbocycles. The van der Waals surface area contributed by atoms with Gasteiger partial charge in [-0.1, -0.05) is 31.6 Å². The predicted molar refractivity (Wildman–Crippen MR) is 96.9 cm³/mol. The summed E-state index contributed by atoms with van der Waals surface area (Å²) in [5.74, 6) is 0.521. The summed E-state index contributed by atoms with van der Waals surface area (Å²) in [6.45, 7) is 9.18. The van der Waals surface area contributed by atoms with Crippen LogP contribution in [0.15, 0.2) is 35.9 Å². The Morgan fingerprint density at radius 1 is 1.33 bits per heavy atom. The highest BCUT2D eigenvalue weighted by Crippen LogP contribution is 2.59. The Morgan fingerprint density at radius 3 is 2.71 bits per heavy atom. The van der Waals surface area contributed by atoms with Gasteiger partial charge < -0.3 is 10.2 Å². The molecule has 0 radical (unpaired) electrons. The normalized spacial score (nSPS) is 24.7. The van der Waals surface area contributed by atoms with Gasteiger partial charge in [-0.15, -0.1) is 0 Å². The van der Waals surface area contributed by atoms with Gasteiger partial charge in [-0.3, -0.25) is 9.59 Å². The largest absolute Gasteiger partial charge is 0.326 e. The summed E-state index contributed by atoms with van der Waals surface area (Å²) in [6, 6.07) is 7.59. The van der Waals surface area contributed by atoms with Gasteiger partial charge in [-0.2, -0.15) is 0 Å². The third-order valence-electron chi connectivity index (χ3n) is 5.20. The number of allylic oxidation sites excluding steroid dienone is 2. The Hall–Kier alpha value is -2.10. The van der Waals surface area contributed by atoms with Crippen molar-refractivity contribution in [1.82, 2.24) is 0 Å². The second kappa shape index (κ2) is 6.08. The molecule has 0 unspecified atom stereocenters. The van der Waals surface area contributed by atoms with Crippen LogP contribution in [0.2, 0.25) is 0 Å². The molecule has 2 aliphatic rings. The van der Waals surface area contributed by atoms with E-state index in [0.29, 0.717) is 12.3 Å². The number of benzene rings is 1.